The molecule has 0 radical (unpaired) electrons. The summed E-state index contributed by atoms with van der Waals surface area (Å²) in [6.45, 7) is 4.44. The van der Waals surface area contributed by atoms with Crippen molar-refractivity contribution < 1.29 is 5.11 Å². The molecule has 0 aromatic heterocycles. The summed E-state index contributed by atoms with van der Waals surface area (Å²) < 4.78 is 0. The first-order valence-electron chi connectivity index (χ1n) is 7.20. The van der Waals surface area contributed by atoms with Crippen LogP contribution < -0.4 is 0 Å². The number of rotatable bonds is 3. The lowest BCUT2D eigenvalue weighted by Crippen LogP contribution is -2.45. The minimum atomic E-state index is -0.349. The molecule has 2 aliphatic rings. The van der Waals surface area contributed by atoms with Gasteiger partial charge in [0.05, 0.1) is 5.60 Å². The lowest BCUT2D eigenvalue weighted by atomic mass is 9.99. The van der Waals surface area contributed by atoms with Crippen LogP contribution in [0.3, 0.4) is 0 Å². The van der Waals surface area contributed by atoms with Gasteiger partial charge in [-0.3, -0.25) is 4.90 Å². The molecule has 0 aromatic carbocycles. The first kappa shape index (κ1) is 12.4. The van der Waals surface area contributed by atoms with E-state index in [0.717, 1.165) is 25.4 Å². The van der Waals surface area contributed by atoms with Gasteiger partial charge in [-0.2, -0.15) is 0 Å². The van der Waals surface area contributed by atoms with Crippen molar-refractivity contribution in [1.82, 2.24) is 4.90 Å². The van der Waals surface area contributed by atoms with Crippen LogP contribution in [0, 0.1) is 0 Å². The fourth-order valence-electron chi connectivity index (χ4n) is 3.48. The van der Waals surface area contributed by atoms with Crippen molar-refractivity contribution in [3.63, 3.8) is 0 Å². The first-order valence-corrected chi connectivity index (χ1v) is 7.20. The van der Waals surface area contributed by atoms with Gasteiger partial charge in [0.15, 0.2) is 0 Å². The molecule has 1 aliphatic heterocycles. The highest BCUT2D eigenvalue weighted by atomic mass is 16.3. The van der Waals surface area contributed by atoms with Gasteiger partial charge >= 0.3 is 0 Å². The number of likely N-dealkylation sites (tertiary alicyclic amines) is 1. The maximum atomic E-state index is 10.5. The number of nitrogens with zero attached hydrogens (tertiary/aromatic N) is 1. The second-order valence-electron chi connectivity index (χ2n) is 5.81. The van der Waals surface area contributed by atoms with Gasteiger partial charge in [-0.15, -0.1) is 0 Å². The SMILES string of the molecule is CCC1CCCCCN1CC1(O)CCCC1. The highest BCUT2D eigenvalue weighted by Crippen LogP contribution is 2.32. The number of hydrogen-bond acceptors (Lipinski definition) is 2. The van der Waals surface area contributed by atoms with Crippen molar-refractivity contribution >= 4 is 0 Å². The monoisotopic (exact) mass is 225 g/mol. The van der Waals surface area contributed by atoms with Crippen LogP contribution in [0.1, 0.15) is 64.7 Å². The number of aliphatic hydroxyl groups is 1. The molecule has 1 heterocycles. The Hall–Kier alpha value is -0.0800. The van der Waals surface area contributed by atoms with E-state index in [1.807, 2.05) is 0 Å². The summed E-state index contributed by atoms with van der Waals surface area (Å²) in [6, 6.07) is 0.729. The summed E-state index contributed by atoms with van der Waals surface area (Å²) >= 11 is 0. The smallest absolute Gasteiger partial charge is 0.0774 e. The van der Waals surface area contributed by atoms with E-state index in [2.05, 4.69) is 11.8 Å². The molecule has 1 unspecified atom stereocenters. The third-order valence-electron chi connectivity index (χ3n) is 4.50. The van der Waals surface area contributed by atoms with Crippen LogP contribution >= 0.6 is 0 Å². The van der Waals surface area contributed by atoms with Gasteiger partial charge in [0.25, 0.3) is 0 Å². The van der Waals surface area contributed by atoms with Gasteiger partial charge in [0, 0.05) is 12.6 Å². The Labute approximate surface area is 100 Å². The van der Waals surface area contributed by atoms with Crippen LogP contribution in [0.15, 0.2) is 0 Å². The Morgan fingerprint density at radius 2 is 1.88 bits per heavy atom. The Morgan fingerprint density at radius 1 is 1.12 bits per heavy atom. The summed E-state index contributed by atoms with van der Waals surface area (Å²) in [5, 5.41) is 10.5. The summed E-state index contributed by atoms with van der Waals surface area (Å²) in [7, 11) is 0. The van der Waals surface area contributed by atoms with Crippen LogP contribution in [0.5, 0.6) is 0 Å². The Kier molecular flexibility index (Phi) is 4.26. The molecule has 1 atom stereocenters. The summed E-state index contributed by atoms with van der Waals surface area (Å²) in [4.78, 5) is 2.58. The van der Waals surface area contributed by atoms with Gasteiger partial charge in [0.2, 0.25) is 0 Å². The largest absolute Gasteiger partial charge is 0.389 e. The zero-order valence-electron chi connectivity index (χ0n) is 10.7. The highest BCUT2D eigenvalue weighted by Gasteiger charge is 2.34. The molecule has 1 N–H and O–H groups in total. The minimum absolute atomic E-state index is 0.349. The standard InChI is InChI=1S/C14H27NO/c1-2-13-8-4-3-7-11-15(13)12-14(16)9-5-6-10-14/h13,16H,2-12H2,1H3. The molecular formula is C14H27NO. The van der Waals surface area contributed by atoms with Crippen molar-refractivity contribution in [2.45, 2.75) is 76.4 Å². The van der Waals surface area contributed by atoms with E-state index >= 15 is 0 Å². The van der Waals surface area contributed by atoms with E-state index in [-0.39, 0.29) is 5.60 Å². The van der Waals surface area contributed by atoms with Crippen LogP contribution in [-0.4, -0.2) is 34.7 Å². The zero-order chi connectivity index (χ0) is 11.4. The van der Waals surface area contributed by atoms with Crippen LogP contribution in [0.4, 0.5) is 0 Å². The van der Waals surface area contributed by atoms with E-state index in [1.54, 1.807) is 0 Å². The average molecular weight is 225 g/mol. The quantitative estimate of drug-likeness (QED) is 0.798. The molecule has 1 saturated heterocycles. The number of β-amino-alcohol motifs (C(OH)–C–C–N with tert-alkyl or cyclic N) is 1. The van der Waals surface area contributed by atoms with Crippen molar-refractivity contribution in [2.24, 2.45) is 0 Å². The maximum Gasteiger partial charge on any atom is 0.0774 e. The predicted octanol–water partition coefficient (Wildman–Crippen LogP) is 2.95. The Bertz CT molecular complexity index is 211. The molecule has 0 amide bonds. The molecule has 0 spiro atoms. The number of hydrogen-bond donors (Lipinski definition) is 1. The fourth-order valence-corrected chi connectivity index (χ4v) is 3.48. The van der Waals surface area contributed by atoms with E-state index in [1.165, 1.54) is 51.5 Å². The van der Waals surface area contributed by atoms with E-state index in [9.17, 15) is 5.11 Å². The van der Waals surface area contributed by atoms with Crippen LogP contribution in [0.25, 0.3) is 0 Å². The minimum Gasteiger partial charge on any atom is -0.389 e. The molecule has 0 bridgehead atoms. The third-order valence-corrected chi connectivity index (χ3v) is 4.50. The normalized spacial score (nSPS) is 31.5. The Morgan fingerprint density at radius 3 is 2.56 bits per heavy atom. The molecule has 16 heavy (non-hydrogen) atoms. The lowest BCUT2D eigenvalue weighted by molar-refractivity contribution is -0.00332. The van der Waals surface area contributed by atoms with E-state index in [4.69, 9.17) is 0 Å². The van der Waals surface area contributed by atoms with Gasteiger partial charge < -0.3 is 5.11 Å². The molecule has 2 rings (SSSR count). The summed E-state index contributed by atoms with van der Waals surface area (Å²) in [6.07, 6.45) is 11.2. The van der Waals surface area contributed by atoms with Gasteiger partial charge in [-0.1, -0.05) is 32.6 Å². The van der Waals surface area contributed by atoms with Gasteiger partial charge in [0.1, 0.15) is 0 Å². The lowest BCUT2D eigenvalue weighted by Gasteiger charge is -2.35. The highest BCUT2D eigenvalue weighted by molar-refractivity contribution is 4.89. The van der Waals surface area contributed by atoms with Crippen LogP contribution in [-0.2, 0) is 0 Å². The van der Waals surface area contributed by atoms with Crippen LogP contribution in [0.2, 0.25) is 0 Å². The molecule has 2 heteroatoms. The zero-order valence-corrected chi connectivity index (χ0v) is 10.7. The van der Waals surface area contributed by atoms with Crippen molar-refractivity contribution in [3.8, 4) is 0 Å². The van der Waals surface area contributed by atoms with Gasteiger partial charge in [-0.25, -0.2) is 0 Å². The predicted molar refractivity (Wildman–Crippen MR) is 67.5 cm³/mol. The van der Waals surface area contributed by atoms with E-state index in [0.29, 0.717) is 0 Å². The molecule has 2 fully saturated rings. The first-order chi connectivity index (χ1) is 7.73. The van der Waals surface area contributed by atoms with Crippen molar-refractivity contribution in [1.29, 1.82) is 0 Å². The molecule has 1 aliphatic carbocycles. The molecule has 2 nitrogen and oxygen atoms in total. The summed E-state index contributed by atoms with van der Waals surface area (Å²) in [5.74, 6) is 0. The second kappa shape index (κ2) is 5.50. The Balaban J connectivity index is 1.94. The topological polar surface area (TPSA) is 23.5 Å². The fraction of sp³-hybridized carbons (Fsp3) is 1.00. The molecule has 0 aromatic rings. The second-order valence-corrected chi connectivity index (χ2v) is 5.81. The summed E-state index contributed by atoms with van der Waals surface area (Å²) in [5.41, 5.74) is -0.349. The molecule has 94 valence electrons. The van der Waals surface area contributed by atoms with E-state index < -0.39 is 0 Å². The van der Waals surface area contributed by atoms with Crippen molar-refractivity contribution in [3.05, 3.63) is 0 Å². The van der Waals surface area contributed by atoms with Gasteiger partial charge in [-0.05, 0) is 38.6 Å². The maximum absolute atomic E-state index is 10.5. The van der Waals surface area contributed by atoms with Crippen molar-refractivity contribution in [2.75, 3.05) is 13.1 Å². The molecule has 1 saturated carbocycles. The third kappa shape index (κ3) is 2.98. The molecular weight excluding hydrogens is 198 g/mol. The average Bonchev–Trinajstić information content (AvgIpc) is 2.57.